The van der Waals surface area contributed by atoms with Gasteiger partial charge in [-0.1, -0.05) is 54.6 Å². The molecule has 0 radical (unpaired) electrons. The summed E-state index contributed by atoms with van der Waals surface area (Å²) < 4.78 is 2.08. The minimum absolute atomic E-state index is 0. The van der Waals surface area contributed by atoms with E-state index in [1.807, 2.05) is 90.0 Å². The molecule has 0 bridgehead atoms. The second-order valence-electron chi connectivity index (χ2n) is 5.54. The van der Waals surface area contributed by atoms with Crippen LogP contribution in [0.1, 0.15) is 5.56 Å². The first-order valence-electron chi connectivity index (χ1n) is 7.41. The van der Waals surface area contributed by atoms with Crippen LogP contribution in [0.2, 0.25) is 0 Å². The number of fused-ring (bicyclic) bond motifs is 1. The number of nitrogens with zero attached hydrogens (tertiary/aromatic N) is 2. The van der Waals surface area contributed by atoms with Crippen molar-refractivity contribution in [3.05, 3.63) is 90.6 Å². The van der Waals surface area contributed by atoms with E-state index in [-0.39, 0.29) is 17.0 Å². The number of aliphatic hydroxyl groups is 1. The summed E-state index contributed by atoms with van der Waals surface area (Å²) in [6, 6.07) is 25.9. The Hall–Kier alpha value is -2.17. The zero-order valence-electron chi connectivity index (χ0n) is 12.5. The Bertz CT molecular complexity index is 795. The van der Waals surface area contributed by atoms with Crippen LogP contribution in [0.3, 0.4) is 0 Å². The third kappa shape index (κ3) is 2.54. The fourth-order valence-corrected chi connectivity index (χ4v) is 3.15. The molecule has 1 aromatic heterocycles. The second kappa shape index (κ2) is 6.14. The van der Waals surface area contributed by atoms with Crippen LogP contribution in [-0.4, -0.2) is 5.11 Å². The lowest BCUT2D eigenvalue weighted by Crippen LogP contribution is -3.00. The number of anilines is 2. The summed E-state index contributed by atoms with van der Waals surface area (Å²) in [5, 5.41) is 11.5. The highest BCUT2D eigenvalue weighted by molar-refractivity contribution is 5.62. The highest BCUT2D eigenvalue weighted by Gasteiger charge is 2.52. The van der Waals surface area contributed by atoms with E-state index in [2.05, 4.69) is 4.57 Å². The van der Waals surface area contributed by atoms with Crippen LogP contribution in [0.15, 0.2) is 85.1 Å². The molecular formula is C19H17BrN2O. The van der Waals surface area contributed by atoms with Crippen LogP contribution < -0.4 is 26.4 Å². The number of para-hydroxylation sites is 1. The van der Waals surface area contributed by atoms with Gasteiger partial charge in [0.05, 0.1) is 6.20 Å². The maximum absolute atomic E-state index is 11.5. The van der Waals surface area contributed by atoms with Crippen molar-refractivity contribution in [3.8, 4) is 0 Å². The van der Waals surface area contributed by atoms with Crippen LogP contribution in [0.5, 0.6) is 0 Å². The van der Waals surface area contributed by atoms with Gasteiger partial charge in [0.25, 0.3) is 11.5 Å². The lowest BCUT2D eigenvalue weighted by molar-refractivity contribution is -0.683. The third-order valence-electron chi connectivity index (χ3n) is 4.16. The average molecular weight is 369 g/mol. The molecule has 2 aromatic carbocycles. The Balaban J connectivity index is 0.00000156. The lowest BCUT2D eigenvalue weighted by atomic mass is 10.0. The molecule has 1 atom stereocenters. The van der Waals surface area contributed by atoms with E-state index in [0.29, 0.717) is 6.54 Å². The summed E-state index contributed by atoms with van der Waals surface area (Å²) in [5.74, 6) is 0.986. The van der Waals surface area contributed by atoms with Gasteiger partial charge in [-0.15, -0.1) is 0 Å². The van der Waals surface area contributed by atoms with Gasteiger partial charge in [0.15, 0.2) is 6.54 Å². The molecule has 2 heterocycles. The minimum Gasteiger partial charge on any atom is -1.00 e. The number of hydrogen-bond donors (Lipinski definition) is 1. The molecule has 0 spiro atoms. The van der Waals surface area contributed by atoms with Crippen molar-refractivity contribution in [3.63, 3.8) is 0 Å². The maximum atomic E-state index is 11.5. The molecule has 1 aliphatic heterocycles. The summed E-state index contributed by atoms with van der Waals surface area (Å²) in [6.07, 6.45) is 2.01. The number of aromatic nitrogens is 1. The Labute approximate surface area is 146 Å². The van der Waals surface area contributed by atoms with Gasteiger partial charge < -0.3 is 22.1 Å². The molecular weight excluding hydrogens is 352 g/mol. The topological polar surface area (TPSA) is 27.4 Å². The van der Waals surface area contributed by atoms with Gasteiger partial charge >= 0.3 is 0 Å². The van der Waals surface area contributed by atoms with Gasteiger partial charge in [0, 0.05) is 11.6 Å². The van der Waals surface area contributed by atoms with E-state index >= 15 is 0 Å². The smallest absolute Gasteiger partial charge is 0.284 e. The van der Waals surface area contributed by atoms with Gasteiger partial charge in [-0.2, -0.15) is 4.90 Å². The number of hydrogen-bond acceptors (Lipinski definition) is 2. The van der Waals surface area contributed by atoms with Crippen LogP contribution in [0.25, 0.3) is 0 Å². The first-order valence-corrected chi connectivity index (χ1v) is 7.41. The highest BCUT2D eigenvalue weighted by atomic mass is 79.9. The standard InChI is InChI=1S/C19H17N2O.BrH/c22-19(16-9-3-1-4-10-16)15-20-14-8-7-13-18(20)21(19)17-11-5-2-6-12-17;/h1-14,22H,15H2;1H/q+1;/p-1. The van der Waals surface area contributed by atoms with Gasteiger partial charge in [-0.25, -0.2) is 4.57 Å². The fourth-order valence-electron chi connectivity index (χ4n) is 3.15. The lowest BCUT2D eigenvalue weighted by Gasteiger charge is -2.27. The van der Waals surface area contributed by atoms with Crippen LogP contribution in [0, 0.1) is 0 Å². The highest BCUT2D eigenvalue weighted by Crippen LogP contribution is 2.40. The molecule has 4 rings (SSSR count). The summed E-state index contributed by atoms with van der Waals surface area (Å²) >= 11 is 0. The average Bonchev–Trinajstić information content (AvgIpc) is 2.90. The van der Waals surface area contributed by atoms with Crippen LogP contribution in [-0.2, 0) is 12.3 Å². The Morgan fingerprint density at radius 3 is 2.13 bits per heavy atom. The van der Waals surface area contributed by atoms with Gasteiger partial charge in [-0.05, 0) is 18.2 Å². The summed E-state index contributed by atoms with van der Waals surface area (Å²) in [6.45, 7) is 0.502. The van der Waals surface area contributed by atoms with Crippen molar-refractivity contribution in [2.75, 3.05) is 4.90 Å². The monoisotopic (exact) mass is 368 g/mol. The first kappa shape index (κ1) is 15.7. The predicted molar refractivity (Wildman–Crippen MR) is 85.6 cm³/mol. The van der Waals surface area contributed by atoms with Crippen LogP contribution >= 0.6 is 0 Å². The maximum Gasteiger partial charge on any atom is 0.284 e. The predicted octanol–water partition coefficient (Wildman–Crippen LogP) is -0.0249. The van der Waals surface area contributed by atoms with Crippen LogP contribution in [0.4, 0.5) is 11.5 Å². The Morgan fingerprint density at radius 1 is 0.826 bits per heavy atom. The molecule has 0 saturated heterocycles. The van der Waals surface area contributed by atoms with Gasteiger partial charge in [0.1, 0.15) is 5.69 Å². The molecule has 0 amide bonds. The normalized spacial score (nSPS) is 19.1. The van der Waals surface area contributed by atoms with Crippen molar-refractivity contribution >= 4 is 11.5 Å². The summed E-state index contributed by atoms with van der Waals surface area (Å²) in [7, 11) is 0. The van der Waals surface area contributed by atoms with Crippen molar-refractivity contribution in [2.45, 2.75) is 12.3 Å². The number of benzene rings is 2. The van der Waals surface area contributed by atoms with Gasteiger partial charge in [0.2, 0.25) is 0 Å². The molecule has 4 heteroatoms. The van der Waals surface area contributed by atoms with Crippen molar-refractivity contribution in [1.29, 1.82) is 0 Å². The van der Waals surface area contributed by atoms with Crippen molar-refractivity contribution < 1.29 is 26.7 Å². The first-order chi connectivity index (χ1) is 10.8. The largest absolute Gasteiger partial charge is 1.00 e. The number of rotatable bonds is 2. The van der Waals surface area contributed by atoms with E-state index < -0.39 is 5.72 Å². The van der Waals surface area contributed by atoms with Crippen molar-refractivity contribution in [2.24, 2.45) is 0 Å². The summed E-state index contributed by atoms with van der Waals surface area (Å²) in [4.78, 5) is 2.00. The van der Waals surface area contributed by atoms with E-state index in [1.165, 1.54) is 0 Å². The number of pyridine rings is 1. The van der Waals surface area contributed by atoms with E-state index in [1.54, 1.807) is 0 Å². The molecule has 1 N–H and O–H groups in total. The number of halogens is 1. The zero-order chi connectivity index (χ0) is 15.0. The molecule has 0 fully saturated rings. The third-order valence-corrected chi connectivity index (χ3v) is 4.16. The molecule has 3 nitrogen and oxygen atoms in total. The Kier molecular flexibility index (Phi) is 4.20. The second-order valence-corrected chi connectivity index (χ2v) is 5.54. The molecule has 23 heavy (non-hydrogen) atoms. The van der Waals surface area contributed by atoms with E-state index in [9.17, 15) is 5.11 Å². The molecule has 0 aliphatic carbocycles. The molecule has 1 unspecified atom stereocenters. The minimum atomic E-state index is -1.09. The molecule has 116 valence electrons. The molecule has 1 aliphatic rings. The Morgan fingerprint density at radius 2 is 1.43 bits per heavy atom. The molecule has 0 saturated carbocycles. The molecule has 3 aromatic rings. The van der Waals surface area contributed by atoms with E-state index in [4.69, 9.17) is 0 Å². The summed E-state index contributed by atoms with van der Waals surface area (Å²) in [5.41, 5.74) is 0.783. The fraction of sp³-hybridized carbons (Fsp3) is 0.105. The van der Waals surface area contributed by atoms with Gasteiger partial charge in [-0.3, -0.25) is 0 Å². The zero-order valence-corrected chi connectivity index (χ0v) is 14.1. The van der Waals surface area contributed by atoms with E-state index in [0.717, 1.165) is 17.1 Å². The quantitative estimate of drug-likeness (QED) is 0.643. The van der Waals surface area contributed by atoms with Crippen molar-refractivity contribution in [1.82, 2.24) is 0 Å². The SMILES string of the molecule is OC1(c2ccccc2)C[n+]2ccccc2N1c1ccccc1.[Br-].